The van der Waals surface area contributed by atoms with E-state index in [0.717, 1.165) is 16.3 Å². The van der Waals surface area contributed by atoms with Crippen molar-refractivity contribution in [2.75, 3.05) is 19.5 Å². The Hall–Kier alpha value is -2.19. The van der Waals surface area contributed by atoms with Gasteiger partial charge in [0, 0.05) is 5.69 Å². The summed E-state index contributed by atoms with van der Waals surface area (Å²) in [7, 11) is 2.46. The molecule has 2 aromatic rings. The van der Waals surface area contributed by atoms with Crippen LogP contribution in [0.4, 0.5) is 5.69 Å². The van der Waals surface area contributed by atoms with Gasteiger partial charge in [0.1, 0.15) is 5.70 Å². The van der Waals surface area contributed by atoms with E-state index in [4.69, 9.17) is 12.2 Å². The van der Waals surface area contributed by atoms with Crippen LogP contribution in [0.5, 0.6) is 0 Å². The Kier molecular flexibility index (Phi) is 4.71. The number of carbonyl (C=O) groups is 2. The monoisotopic (exact) mass is 324 g/mol. The van der Waals surface area contributed by atoms with Gasteiger partial charge in [-0.25, -0.2) is 9.59 Å². The highest BCUT2D eigenvalue weighted by atomic mass is 32.1. The molecule has 1 aromatic heterocycles. The van der Waals surface area contributed by atoms with E-state index >= 15 is 0 Å². The van der Waals surface area contributed by atoms with Crippen LogP contribution in [0.1, 0.15) is 0 Å². The number of nitrogens with one attached hydrogen (secondary N) is 2. The molecular formula is C13H12N2O4S2. The molecule has 0 bridgehead atoms. The number of anilines is 1. The summed E-state index contributed by atoms with van der Waals surface area (Å²) >= 11 is 6.49. The zero-order chi connectivity index (χ0) is 15.4. The molecule has 0 saturated carbocycles. The molecule has 6 nitrogen and oxygen atoms in total. The normalized spacial score (nSPS) is 11.2. The lowest BCUT2D eigenvalue weighted by Crippen LogP contribution is -2.15. The molecule has 0 aliphatic heterocycles. The molecular weight excluding hydrogens is 312 g/mol. The molecule has 0 aliphatic rings. The third kappa shape index (κ3) is 3.67. The molecule has 2 N–H and O–H groups in total. The Morgan fingerprint density at radius 1 is 1.33 bits per heavy atom. The number of thiazole rings is 1. The average molecular weight is 324 g/mol. The van der Waals surface area contributed by atoms with Crippen LogP contribution in [0.25, 0.3) is 10.2 Å². The summed E-state index contributed by atoms with van der Waals surface area (Å²) in [6, 6.07) is 5.41. The third-order valence-corrected chi connectivity index (χ3v) is 3.77. The highest BCUT2D eigenvalue weighted by Gasteiger charge is 2.13. The van der Waals surface area contributed by atoms with Gasteiger partial charge >= 0.3 is 11.9 Å². The molecule has 0 amide bonds. The van der Waals surface area contributed by atoms with Crippen molar-refractivity contribution >= 4 is 51.4 Å². The Morgan fingerprint density at radius 3 is 2.76 bits per heavy atom. The molecule has 0 aliphatic carbocycles. The largest absolute Gasteiger partial charge is 0.466 e. The molecule has 0 saturated heterocycles. The zero-order valence-corrected chi connectivity index (χ0v) is 12.9. The predicted molar refractivity (Wildman–Crippen MR) is 82.7 cm³/mol. The first-order valence-electron chi connectivity index (χ1n) is 5.81. The quantitative estimate of drug-likeness (QED) is 0.511. The minimum atomic E-state index is -0.665. The average Bonchev–Trinajstić information content (AvgIpc) is 2.84. The molecule has 0 atom stereocenters. The van der Waals surface area contributed by atoms with Crippen LogP contribution in [0.3, 0.4) is 0 Å². The number of aromatic nitrogens is 1. The second kappa shape index (κ2) is 6.51. The van der Waals surface area contributed by atoms with E-state index < -0.39 is 11.9 Å². The van der Waals surface area contributed by atoms with E-state index in [9.17, 15) is 9.59 Å². The van der Waals surface area contributed by atoms with Crippen molar-refractivity contribution in [2.24, 2.45) is 0 Å². The van der Waals surface area contributed by atoms with Crippen molar-refractivity contribution in [2.45, 2.75) is 0 Å². The van der Waals surface area contributed by atoms with Crippen LogP contribution in [0, 0.1) is 3.95 Å². The van der Waals surface area contributed by atoms with Crippen LogP contribution in [0.2, 0.25) is 0 Å². The van der Waals surface area contributed by atoms with E-state index in [1.165, 1.54) is 25.6 Å². The summed E-state index contributed by atoms with van der Waals surface area (Å²) in [5.74, 6) is -1.32. The van der Waals surface area contributed by atoms with Gasteiger partial charge in [-0.2, -0.15) is 0 Å². The van der Waals surface area contributed by atoms with Gasteiger partial charge in [-0.1, -0.05) is 0 Å². The van der Waals surface area contributed by atoms with Gasteiger partial charge in [0.15, 0.2) is 3.95 Å². The number of benzene rings is 1. The van der Waals surface area contributed by atoms with Gasteiger partial charge in [0.2, 0.25) is 0 Å². The molecule has 8 heteroatoms. The number of aromatic amines is 1. The number of ether oxygens (including phenoxy) is 2. The fourth-order valence-corrected chi connectivity index (χ4v) is 2.77. The van der Waals surface area contributed by atoms with Crippen molar-refractivity contribution in [1.29, 1.82) is 0 Å². The SMILES string of the molecule is COC(=O)/C=C(/Nc1ccc2[nH]c(=S)sc2c1)C(=O)OC. The van der Waals surface area contributed by atoms with E-state index in [1.807, 2.05) is 12.1 Å². The van der Waals surface area contributed by atoms with Crippen LogP contribution in [-0.4, -0.2) is 31.1 Å². The Bertz CT molecular complexity index is 776. The van der Waals surface area contributed by atoms with Gasteiger partial charge in [0.05, 0.1) is 30.5 Å². The van der Waals surface area contributed by atoms with Crippen LogP contribution in [0.15, 0.2) is 30.0 Å². The minimum Gasteiger partial charge on any atom is -0.466 e. The summed E-state index contributed by atoms with van der Waals surface area (Å²) in [5, 5.41) is 2.84. The number of H-pyrrole nitrogens is 1. The summed E-state index contributed by atoms with van der Waals surface area (Å²) in [6.45, 7) is 0. The van der Waals surface area contributed by atoms with Crippen LogP contribution < -0.4 is 5.32 Å². The number of hydrogen-bond donors (Lipinski definition) is 2. The predicted octanol–water partition coefficient (Wildman–Crippen LogP) is 2.60. The highest BCUT2D eigenvalue weighted by Crippen LogP contribution is 2.24. The Balaban J connectivity index is 2.33. The second-order valence-corrected chi connectivity index (χ2v) is 5.64. The fourth-order valence-electron chi connectivity index (χ4n) is 1.61. The number of carbonyl (C=O) groups excluding carboxylic acids is 2. The van der Waals surface area contributed by atoms with Gasteiger partial charge in [-0.3, -0.25) is 0 Å². The van der Waals surface area contributed by atoms with Crippen molar-refractivity contribution in [3.8, 4) is 0 Å². The first-order chi connectivity index (χ1) is 10.0. The first-order valence-corrected chi connectivity index (χ1v) is 7.04. The Morgan fingerprint density at radius 2 is 2.10 bits per heavy atom. The van der Waals surface area contributed by atoms with Crippen LogP contribution in [-0.2, 0) is 19.1 Å². The lowest BCUT2D eigenvalue weighted by atomic mass is 10.2. The van der Waals surface area contributed by atoms with Gasteiger partial charge in [-0.15, -0.1) is 11.3 Å². The summed E-state index contributed by atoms with van der Waals surface area (Å²) < 4.78 is 10.7. The van der Waals surface area contributed by atoms with Gasteiger partial charge in [-0.05, 0) is 30.4 Å². The molecule has 0 spiro atoms. The molecule has 0 unspecified atom stereocenters. The summed E-state index contributed by atoms with van der Waals surface area (Å²) in [6.07, 6.45) is 1.04. The maximum atomic E-state index is 11.7. The highest BCUT2D eigenvalue weighted by molar-refractivity contribution is 7.73. The van der Waals surface area contributed by atoms with Crippen molar-refractivity contribution in [3.63, 3.8) is 0 Å². The summed E-state index contributed by atoms with van der Waals surface area (Å²) in [4.78, 5) is 26.0. The fraction of sp³-hybridized carbons (Fsp3) is 0.154. The second-order valence-electron chi connectivity index (χ2n) is 3.92. The van der Waals surface area contributed by atoms with Gasteiger partial charge < -0.3 is 19.8 Å². The number of rotatable bonds is 4. The van der Waals surface area contributed by atoms with E-state index in [-0.39, 0.29) is 5.70 Å². The number of methoxy groups -OCH3 is 2. The first kappa shape index (κ1) is 15.2. The minimum absolute atomic E-state index is 0.0113. The van der Waals surface area contributed by atoms with Gasteiger partial charge in [0.25, 0.3) is 0 Å². The topological polar surface area (TPSA) is 80.4 Å². The Labute approximate surface area is 129 Å². The molecule has 2 rings (SSSR count). The number of fused-ring (bicyclic) bond motifs is 1. The zero-order valence-electron chi connectivity index (χ0n) is 11.3. The van der Waals surface area contributed by atoms with E-state index in [1.54, 1.807) is 6.07 Å². The molecule has 1 heterocycles. The van der Waals surface area contributed by atoms with Crippen molar-refractivity contribution < 1.29 is 19.1 Å². The maximum Gasteiger partial charge on any atom is 0.354 e. The standard InChI is InChI=1S/C13H12N2O4S2/c1-18-11(16)6-9(12(17)19-2)14-7-3-4-8-10(5-7)21-13(20)15-8/h3-6,14H,1-2H3,(H,15,20)/b9-6+. The molecule has 0 radical (unpaired) electrons. The number of esters is 2. The van der Waals surface area contributed by atoms with E-state index in [0.29, 0.717) is 9.64 Å². The smallest absolute Gasteiger partial charge is 0.354 e. The van der Waals surface area contributed by atoms with Crippen LogP contribution >= 0.6 is 23.6 Å². The lowest BCUT2D eigenvalue weighted by Gasteiger charge is -2.08. The molecule has 0 fully saturated rings. The van der Waals surface area contributed by atoms with Crippen molar-refractivity contribution in [3.05, 3.63) is 33.9 Å². The molecule has 21 heavy (non-hydrogen) atoms. The maximum absolute atomic E-state index is 11.7. The van der Waals surface area contributed by atoms with E-state index in [2.05, 4.69) is 19.8 Å². The van der Waals surface area contributed by atoms with Crippen molar-refractivity contribution in [1.82, 2.24) is 4.98 Å². The molecule has 110 valence electrons. The number of hydrogen-bond acceptors (Lipinski definition) is 7. The molecule has 1 aromatic carbocycles. The lowest BCUT2D eigenvalue weighted by molar-refractivity contribution is -0.138. The summed E-state index contributed by atoms with van der Waals surface area (Å²) in [5.41, 5.74) is 1.53. The third-order valence-electron chi connectivity index (χ3n) is 2.57.